The molecule has 0 radical (unpaired) electrons. The van der Waals surface area contributed by atoms with Crippen LogP contribution in [0.2, 0.25) is 0 Å². The molecule has 5 heteroatoms. The minimum atomic E-state index is -4.13. The van der Waals surface area contributed by atoms with Gasteiger partial charge in [0, 0.05) is 12.0 Å². The van der Waals surface area contributed by atoms with E-state index in [4.69, 9.17) is 17.0 Å². The molecule has 0 heterocycles. The standard InChI is InChI=1S/C11H11F3OS/c12-11(13,14)7-4-8-15-10(16)9-5-2-1-3-6-9/h1-3,5-6H,4,7-8H2. The van der Waals surface area contributed by atoms with Gasteiger partial charge in [-0.25, -0.2) is 0 Å². The van der Waals surface area contributed by atoms with Gasteiger partial charge in [-0.15, -0.1) is 0 Å². The molecule has 0 atom stereocenters. The van der Waals surface area contributed by atoms with Crippen molar-refractivity contribution in [2.45, 2.75) is 19.0 Å². The lowest BCUT2D eigenvalue weighted by atomic mass is 10.2. The molecule has 0 N–H and O–H groups in total. The fourth-order valence-electron chi connectivity index (χ4n) is 1.10. The minimum Gasteiger partial charge on any atom is -0.483 e. The minimum absolute atomic E-state index is 0.00671. The zero-order chi connectivity index (χ0) is 12.0. The van der Waals surface area contributed by atoms with Crippen LogP contribution in [0.25, 0.3) is 0 Å². The highest BCUT2D eigenvalue weighted by molar-refractivity contribution is 7.80. The fourth-order valence-corrected chi connectivity index (χ4v) is 1.31. The molecule has 0 aromatic heterocycles. The number of thiocarbonyl (C=S) groups is 1. The number of hydrogen-bond donors (Lipinski definition) is 0. The van der Waals surface area contributed by atoms with E-state index in [0.29, 0.717) is 5.56 Å². The number of alkyl halides is 3. The third-order valence-corrected chi connectivity index (χ3v) is 2.20. The zero-order valence-corrected chi connectivity index (χ0v) is 9.27. The van der Waals surface area contributed by atoms with Crippen molar-refractivity contribution in [3.63, 3.8) is 0 Å². The van der Waals surface area contributed by atoms with Gasteiger partial charge in [0.2, 0.25) is 0 Å². The van der Waals surface area contributed by atoms with Crippen molar-refractivity contribution in [1.29, 1.82) is 0 Å². The molecule has 1 rings (SSSR count). The molecule has 0 saturated carbocycles. The zero-order valence-electron chi connectivity index (χ0n) is 8.46. The van der Waals surface area contributed by atoms with Gasteiger partial charge in [-0.2, -0.15) is 13.2 Å². The highest BCUT2D eigenvalue weighted by Gasteiger charge is 2.26. The Labute approximate surface area is 97.2 Å². The van der Waals surface area contributed by atoms with Crippen molar-refractivity contribution in [2.75, 3.05) is 6.61 Å². The van der Waals surface area contributed by atoms with Gasteiger partial charge in [0.25, 0.3) is 0 Å². The first-order valence-electron chi connectivity index (χ1n) is 4.78. The van der Waals surface area contributed by atoms with Gasteiger partial charge < -0.3 is 4.74 Å². The summed E-state index contributed by atoms with van der Waals surface area (Å²) in [4.78, 5) is 0. The molecule has 0 aliphatic rings. The molecule has 0 aliphatic heterocycles. The van der Waals surface area contributed by atoms with E-state index in [1.54, 1.807) is 24.3 Å². The van der Waals surface area contributed by atoms with Crippen LogP contribution < -0.4 is 0 Å². The normalized spacial score (nSPS) is 11.2. The van der Waals surface area contributed by atoms with Crippen LogP contribution in [0.5, 0.6) is 0 Å². The lowest BCUT2D eigenvalue weighted by Gasteiger charge is -2.08. The van der Waals surface area contributed by atoms with E-state index in [-0.39, 0.29) is 18.1 Å². The summed E-state index contributed by atoms with van der Waals surface area (Å²) >= 11 is 4.92. The molecule has 16 heavy (non-hydrogen) atoms. The van der Waals surface area contributed by atoms with Crippen molar-refractivity contribution in [3.05, 3.63) is 35.9 Å². The Balaban J connectivity index is 2.27. The lowest BCUT2D eigenvalue weighted by Crippen LogP contribution is -2.11. The molecular formula is C11H11F3OS. The number of benzene rings is 1. The van der Waals surface area contributed by atoms with Crippen LogP contribution in [-0.4, -0.2) is 17.8 Å². The Morgan fingerprint density at radius 3 is 2.38 bits per heavy atom. The van der Waals surface area contributed by atoms with Crippen LogP contribution in [-0.2, 0) is 4.74 Å². The summed E-state index contributed by atoms with van der Waals surface area (Å²) in [5.74, 6) is 0. The monoisotopic (exact) mass is 248 g/mol. The van der Waals surface area contributed by atoms with E-state index >= 15 is 0 Å². The molecular weight excluding hydrogens is 237 g/mol. The van der Waals surface area contributed by atoms with Gasteiger partial charge in [0.1, 0.15) is 0 Å². The van der Waals surface area contributed by atoms with Crippen molar-refractivity contribution in [1.82, 2.24) is 0 Å². The van der Waals surface area contributed by atoms with Crippen molar-refractivity contribution < 1.29 is 17.9 Å². The van der Waals surface area contributed by atoms with E-state index in [0.717, 1.165) is 0 Å². The highest BCUT2D eigenvalue weighted by Crippen LogP contribution is 2.21. The summed E-state index contributed by atoms with van der Waals surface area (Å²) in [6, 6.07) is 8.93. The molecule has 0 aliphatic carbocycles. The Hall–Kier alpha value is -1.10. The molecule has 0 saturated heterocycles. The molecule has 0 bridgehead atoms. The van der Waals surface area contributed by atoms with Crippen LogP contribution in [0.15, 0.2) is 30.3 Å². The van der Waals surface area contributed by atoms with E-state index in [2.05, 4.69) is 0 Å². The topological polar surface area (TPSA) is 9.23 Å². The van der Waals surface area contributed by atoms with E-state index < -0.39 is 12.6 Å². The molecule has 0 amide bonds. The van der Waals surface area contributed by atoms with Gasteiger partial charge in [-0.3, -0.25) is 0 Å². The van der Waals surface area contributed by atoms with Crippen molar-refractivity contribution in [2.24, 2.45) is 0 Å². The Kier molecular flexibility index (Phi) is 4.73. The van der Waals surface area contributed by atoms with Gasteiger partial charge in [-0.05, 0) is 18.6 Å². The predicted molar refractivity (Wildman–Crippen MR) is 59.4 cm³/mol. The van der Waals surface area contributed by atoms with Crippen LogP contribution in [0.3, 0.4) is 0 Å². The second-order valence-corrected chi connectivity index (χ2v) is 3.59. The van der Waals surface area contributed by atoms with Crippen LogP contribution in [0.4, 0.5) is 13.2 Å². The second kappa shape index (κ2) is 5.84. The lowest BCUT2D eigenvalue weighted by molar-refractivity contribution is -0.136. The summed E-state index contributed by atoms with van der Waals surface area (Å²) < 4.78 is 40.5. The third-order valence-electron chi connectivity index (χ3n) is 1.85. The molecule has 1 aromatic rings. The molecule has 88 valence electrons. The number of rotatable bonds is 4. The second-order valence-electron chi connectivity index (χ2n) is 3.22. The number of hydrogen-bond acceptors (Lipinski definition) is 2. The van der Waals surface area contributed by atoms with Crippen LogP contribution in [0, 0.1) is 0 Å². The summed E-state index contributed by atoms with van der Waals surface area (Å²) in [5, 5.41) is 0.239. The molecule has 0 spiro atoms. The molecule has 1 nitrogen and oxygen atoms in total. The summed E-state index contributed by atoms with van der Waals surface area (Å²) in [7, 11) is 0. The maximum Gasteiger partial charge on any atom is 0.389 e. The number of ether oxygens (including phenoxy) is 1. The quantitative estimate of drug-likeness (QED) is 0.593. The summed E-state index contributed by atoms with van der Waals surface area (Å²) in [6.45, 7) is -0.00671. The van der Waals surface area contributed by atoms with Gasteiger partial charge in [0.05, 0.1) is 6.61 Å². The molecule has 1 aromatic carbocycles. The van der Waals surface area contributed by atoms with Crippen molar-refractivity contribution >= 4 is 17.3 Å². The van der Waals surface area contributed by atoms with Gasteiger partial charge in [0.15, 0.2) is 5.05 Å². The predicted octanol–water partition coefficient (Wildman–Crippen LogP) is 3.72. The average Bonchev–Trinajstić information content (AvgIpc) is 2.24. The summed E-state index contributed by atoms with van der Waals surface area (Å²) in [5.41, 5.74) is 0.713. The Morgan fingerprint density at radius 2 is 1.81 bits per heavy atom. The Bertz CT molecular complexity index is 335. The van der Waals surface area contributed by atoms with Crippen LogP contribution >= 0.6 is 12.2 Å². The first-order valence-corrected chi connectivity index (χ1v) is 5.19. The summed E-state index contributed by atoms with van der Waals surface area (Å²) in [6.07, 6.45) is -5.04. The van der Waals surface area contributed by atoms with Gasteiger partial charge in [-0.1, -0.05) is 30.3 Å². The van der Waals surface area contributed by atoms with E-state index in [9.17, 15) is 13.2 Å². The largest absolute Gasteiger partial charge is 0.483 e. The SMILES string of the molecule is FC(F)(F)CCCOC(=S)c1ccccc1. The maximum absolute atomic E-state index is 11.8. The smallest absolute Gasteiger partial charge is 0.389 e. The van der Waals surface area contributed by atoms with Crippen LogP contribution in [0.1, 0.15) is 18.4 Å². The fraction of sp³-hybridized carbons (Fsp3) is 0.364. The van der Waals surface area contributed by atoms with Gasteiger partial charge >= 0.3 is 6.18 Å². The van der Waals surface area contributed by atoms with E-state index in [1.807, 2.05) is 6.07 Å². The first kappa shape index (κ1) is 13.0. The van der Waals surface area contributed by atoms with E-state index in [1.165, 1.54) is 0 Å². The Morgan fingerprint density at radius 1 is 1.19 bits per heavy atom. The molecule has 0 fully saturated rings. The number of halogens is 3. The third kappa shape index (κ3) is 5.11. The van der Waals surface area contributed by atoms with Crippen molar-refractivity contribution in [3.8, 4) is 0 Å². The highest BCUT2D eigenvalue weighted by atomic mass is 32.1. The average molecular weight is 248 g/mol. The first-order chi connectivity index (χ1) is 7.49. The maximum atomic E-state index is 11.8. The molecule has 0 unspecified atom stereocenters.